The Morgan fingerprint density at radius 3 is 2.78 bits per heavy atom. The summed E-state index contributed by atoms with van der Waals surface area (Å²) in [5, 5.41) is 19.3. The third-order valence-corrected chi connectivity index (χ3v) is 3.76. The summed E-state index contributed by atoms with van der Waals surface area (Å²) in [6.45, 7) is 1.78. The first-order chi connectivity index (χ1) is 10.9. The van der Waals surface area contributed by atoms with Crippen LogP contribution in [0, 0.1) is 18.3 Å². The van der Waals surface area contributed by atoms with Crippen LogP contribution in [0.5, 0.6) is 0 Å². The Morgan fingerprint density at radius 1 is 1.43 bits per heavy atom. The minimum Gasteiger partial charge on any atom is -0.286 e. The minimum absolute atomic E-state index is 0.174. The van der Waals surface area contributed by atoms with Gasteiger partial charge in [-0.05, 0) is 13.0 Å². The fraction of sp³-hybridized carbons (Fsp3) is 0.308. The van der Waals surface area contributed by atoms with Gasteiger partial charge in [-0.3, -0.25) is 4.99 Å². The van der Waals surface area contributed by atoms with Gasteiger partial charge in [0.25, 0.3) is 0 Å². The van der Waals surface area contributed by atoms with Crippen molar-refractivity contribution in [3.8, 4) is 17.5 Å². The Bertz CT molecular complexity index is 793. The third kappa shape index (κ3) is 4.01. The number of thiazole rings is 1. The number of nitrogens with zero attached hydrogens (tertiary/aromatic N) is 5. The zero-order valence-corrected chi connectivity index (χ0v) is 13.0. The fourth-order valence-electron chi connectivity index (χ4n) is 1.74. The lowest BCUT2D eigenvalue weighted by molar-refractivity contribution is -0.124. The Kier molecular flexibility index (Phi) is 4.90. The van der Waals surface area contributed by atoms with Crippen LogP contribution in [-0.2, 0) is 0 Å². The van der Waals surface area contributed by atoms with E-state index in [9.17, 15) is 13.2 Å². The second-order valence-electron chi connectivity index (χ2n) is 4.40. The van der Waals surface area contributed by atoms with Gasteiger partial charge in [0.1, 0.15) is 22.5 Å². The normalized spacial score (nSPS) is 12.8. The van der Waals surface area contributed by atoms with Crippen LogP contribution in [0.1, 0.15) is 22.0 Å². The van der Waals surface area contributed by atoms with Gasteiger partial charge < -0.3 is 0 Å². The van der Waals surface area contributed by atoms with Crippen LogP contribution in [0.15, 0.2) is 17.1 Å². The van der Waals surface area contributed by atoms with Crippen LogP contribution < -0.4 is 0 Å². The van der Waals surface area contributed by atoms with Crippen molar-refractivity contribution in [1.82, 2.24) is 20.4 Å². The summed E-state index contributed by atoms with van der Waals surface area (Å²) >= 11 is 1.26. The van der Waals surface area contributed by atoms with Crippen molar-refractivity contribution in [3.63, 3.8) is 0 Å². The topological polar surface area (TPSA) is 90.6 Å². The summed E-state index contributed by atoms with van der Waals surface area (Å²) < 4.78 is 36.6. The molecule has 0 unspecified atom stereocenters. The first-order valence-electron chi connectivity index (χ1n) is 6.35. The van der Waals surface area contributed by atoms with E-state index in [4.69, 9.17) is 5.26 Å². The maximum absolute atomic E-state index is 12.2. The molecule has 6 nitrogen and oxygen atoms in total. The van der Waals surface area contributed by atoms with Gasteiger partial charge in [-0.2, -0.15) is 18.4 Å². The Balaban J connectivity index is 2.31. The van der Waals surface area contributed by atoms with Crippen LogP contribution in [0.25, 0.3) is 11.4 Å². The molecule has 0 fully saturated rings. The number of nitrogens with one attached hydrogen (secondary N) is 1. The first kappa shape index (κ1) is 16.8. The molecular weight excluding hydrogens is 329 g/mol. The molecule has 0 saturated heterocycles. The van der Waals surface area contributed by atoms with E-state index in [1.54, 1.807) is 6.92 Å². The van der Waals surface area contributed by atoms with E-state index in [-0.39, 0.29) is 5.69 Å². The lowest BCUT2D eigenvalue weighted by atomic mass is 10.2. The van der Waals surface area contributed by atoms with Crippen molar-refractivity contribution < 1.29 is 13.2 Å². The summed E-state index contributed by atoms with van der Waals surface area (Å²) in [6.07, 6.45) is -3.02. The molecule has 0 spiro atoms. The average Bonchev–Trinajstić information content (AvgIpc) is 3.08. The highest BCUT2D eigenvalue weighted by molar-refractivity contribution is 7.14. The molecule has 2 aromatic heterocycles. The number of rotatable bonds is 4. The van der Waals surface area contributed by atoms with Crippen LogP contribution in [0.4, 0.5) is 13.2 Å². The second kappa shape index (κ2) is 6.70. The molecule has 0 bridgehead atoms. The van der Waals surface area contributed by atoms with Gasteiger partial charge in [-0.1, -0.05) is 11.3 Å². The molecular formula is C13H11F3N6S. The number of allylic oxidation sites excluding steroid dienone is 2. The number of aliphatic imine (C=N–C) groups is 1. The lowest BCUT2D eigenvalue weighted by Crippen LogP contribution is -2.05. The molecule has 2 rings (SSSR count). The number of nitriles is 1. The molecule has 2 aromatic rings. The van der Waals surface area contributed by atoms with Crippen molar-refractivity contribution in [2.45, 2.75) is 19.5 Å². The van der Waals surface area contributed by atoms with Crippen molar-refractivity contribution in [1.29, 1.82) is 5.26 Å². The van der Waals surface area contributed by atoms with Crippen molar-refractivity contribution in [3.05, 3.63) is 27.7 Å². The standard InChI is InChI=1S/C13H11F3N6S/c1-7-10(11-9(6-17)20-22-21-11)19-12(23-7)8(18-2)4-3-5-13(14,15)16/h3-4H,5H2,1-2H3,(H,20,21,22)/b4-3-,18-8+. The van der Waals surface area contributed by atoms with E-state index < -0.39 is 12.6 Å². The number of halogens is 3. The van der Waals surface area contributed by atoms with Gasteiger partial charge in [0.05, 0.1) is 12.1 Å². The smallest absolute Gasteiger partial charge is 0.286 e. The van der Waals surface area contributed by atoms with Gasteiger partial charge in [-0.25, -0.2) is 10.1 Å². The van der Waals surface area contributed by atoms with E-state index in [0.29, 0.717) is 22.1 Å². The molecule has 0 atom stereocenters. The summed E-state index contributed by atoms with van der Waals surface area (Å²) in [4.78, 5) is 9.05. The van der Waals surface area contributed by atoms with Gasteiger partial charge in [0.2, 0.25) is 0 Å². The molecule has 2 heterocycles. The predicted molar refractivity (Wildman–Crippen MR) is 79.2 cm³/mol. The molecule has 1 N–H and O–H groups in total. The molecule has 0 aliphatic rings. The highest BCUT2D eigenvalue weighted by Gasteiger charge is 2.25. The number of hydrogen-bond donors (Lipinski definition) is 1. The molecule has 0 aliphatic carbocycles. The number of aryl methyl sites for hydroxylation is 1. The number of aromatic nitrogens is 4. The molecule has 0 aromatic carbocycles. The van der Waals surface area contributed by atoms with E-state index in [2.05, 4.69) is 25.4 Å². The number of H-pyrrole nitrogens is 1. The van der Waals surface area contributed by atoms with Crippen LogP contribution in [0.3, 0.4) is 0 Å². The summed E-state index contributed by atoms with van der Waals surface area (Å²) in [5.74, 6) is 0. The third-order valence-electron chi connectivity index (χ3n) is 2.77. The Hall–Kier alpha value is -2.54. The number of hydrogen-bond acceptors (Lipinski definition) is 6. The predicted octanol–water partition coefficient (Wildman–Crippen LogP) is 3.04. The maximum atomic E-state index is 12.2. The maximum Gasteiger partial charge on any atom is 0.392 e. The Morgan fingerprint density at radius 2 is 2.17 bits per heavy atom. The van der Waals surface area contributed by atoms with Crippen molar-refractivity contribution in [2.75, 3.05) is 7.05 Å². The Labute approximate surface area is 133 Å². The largest absolute Gasteiger partial charge is 0.392 e. The molecule has 120 valence electrons. The first-order valence-corrected chi connectivity index (χ1v) is 7.16. The van der Waals surface area contributed by atoms with Crippen molar-refractivity contribution >= 4 is 17.0 Å². The SMILES string of the molecule is C/N=C(\C=C/CC(F)(F)F)c1nc(-c2nn[nH]c2C#N)c(C)s1. The van der Waals surface area contributed by atoms with E-state index in [1.165, 1.54) is 24.5 Å². The van der Waals surface area contributed by atoms with Crippen LogP contribution in [0.2, 0.25) is 0 Å². The summed E-state index contributed by atoms with van der Waals surface area (Å²) in [5.41, 5.74) is 1.27. The average molecular weight is 340 g/mol. The van der Waals surface area contributed by atoms with Gasteiger partial charge >= 0.3 is 6.18 Å². The van der Waals surface area contributed by atoms with Crippen LogP contribution >= 0.6 is 11.3 Å². The van der Waals surface area contributed by atoms with E-state index in [1.807, 2.05) is 6.07 Å². The van der Waals surface area contributed by atoms with Gasteiger partial charge in [-0.15, -0.1) is 16.4 Å². The quantitative estimate of drug-likeness (QED) is 0.866. The highest BCUT2D eigenvalue weighted by Crippen LogP contribution is 2.28. The number of alkyl halides is 3. The zero-order valence-electron chi connectivity index (χ0n) is 12.1. The number of aromatic amines is 1. The molecule has 10 heteroatoms. The van der Waals surface area contributed by atoms with Gasteiger partial charge in [0, 0.05) is 11.9 Å². The minimum atomic E-state index is -4.26. The van der Waals surface area contributed by atoms with Gasteiger partial charge in [0.15, 0.2) is 5.69 Å². The molecule has 0 aliphatic heterocycles. The molecule has 0 radical (unpaired) electrons. The van der Waals surface area contributed by atoms with E-state index >= 15 is 0 Å². The fourth-order valence-corrected chi connectivity index (χ4v) is 2.67. The second-order valence-corrected chi connectivity index (χ2v) is 5.60. The van der Waals surface area contributed by atoms with E-state index in [0.717, 1.165) is 11.0 Å². The summed E-state index contributed by atoms with van der Waals surface area (Å²) in [7, 11) is 1.47. The van der Waals surface area contributed by atoms with Crippen LogP contribution in [-0.4, -0.2) is 39.3 Å². The lowest BCUT2D eigenvalue weighted by Gasteiger charge is -2.00. The highest BCUT2D eigenvalue weighted by atomic mass is 32.1. The monoisotopic (exact) mass is 340 g/mol. The molecule has 0 amide bonds. The summed E-state index contributed by atoms with van der Waals surface area (Å²) in [6, 6.07) is 1.92. The van der Waals surface area contributed by atoms with Crippen molar-refractivity contribution in [2.24, 2.45) is 4.99 Å². The molecule has 23 heavy (non-hydrogen) atoms. The molecule has 0 saturated carbocycles. The zero-order chi connectivity index (χ0) is 17.0.